The first-order chi connectivity index (χ1) is 12.5. The molecular formula is C18H23N3O4S. The van der Waals surface area contributed by atoms with Crippen molar-refractivity contribution in [3.8, 4) is 11.5 Å². The van der Waals surface area contributed by atoms with Crippen LogP contribution in [0.5, 0.6) is 0 Å². The van der Waals surface area contributed by atoms with E-state index < -0.39 is 11.5 Å². The van der Waals surface area contributed by atoms with Crippen LogP contribution < -0.4 is 5.32 Å². The Morgan fingerprint density at radius 2 is 2.15 bits per heavy atom. The second-order valence-electron chi connectivity index (χ2n) is 6.80. The molecule has 0 saturated heterocycles. The molecule has 1 aliphatic carbocycles. The van der Waals surface area contributed by atoms with Crippen molar-refractivity contribution in [2.45, 2.75) is 57.4 Å². The van der Waals surface area contributed by atoms with E-state index in [9.17, 15) is 14.7 Å². The highest BCUT2D eigenvalue weighted by molar-refractivity contribution is 7.08. The summed E-state index contributed by atoms with van der Waals surface area (Å²) in [6.07, 6.45) is 4.08. The fraction of sp³-hybridized carbons (Fsp3) is 0.556. The van der Waals surface area contributed by atoms with Crippen molar-refractivity contribution >= 4 is 23.2 Å². The van der Waals surface area contributed by atoms with Gasteiger partial charge in [0, 0.05) is 23.8 Å². The van der Waals surface area contributed by atoms with Crippen LogP contribution in [0.4, 0.5) is 0 Å². The molecule has 1 aliphatic rings. The van der Waals surface area contributed by atoms with Gasteiger partial charge in [-0.05, 0) is 43.0 Å². The summed E-state index contributed by atoms with van der Waals surface area (Å²) in [6.45, 7) is 2.12. The van der Waals surface area contributed by atoms with Crippen molar-refractivity contribution in [1.82, 2.24) is 15.5 Å². The van der Waals surface area contributed by atoms with Gasteiger partial charge in [-0.15, -0.1) is 10.2 Å². The molecule has 3 rings (SSSR count). The number of hydrogen-bond acceptors (Lipinski definition) is 6. The summed E-state index contributed by atoms with van der Waals surface area (Å²) in [5, 5.41) is 24.2. The molecule has 1 fully saturated rings. The number of carbonyl (C=O) groups excluding carboxylic acids is 1. The summed E-state index contributed by atoms with van der Waals surface area (Å²) in [6, 6.07) is 1.89. The highest BCUT2D eigenvalue weighted by Gasteiger charge is 2.42. The molecule has 0 aliphatic heterocycles. The first-order valence-electron chi connectivity index (χ1n) is 8.92. The summed E-state index contributed by atoms with van der Waals surface area (Å²) >= 11 is 1.54. The lowest BCUT2D eigenvalue weighted by atomic mass is 9.75. The van der Waals surface area contributed by atoms with Gasteiger partial charge in [0.15, 0.2) is 0 Å². The van der Waals surface area contributed by atoms with Crippen LogP contribution in [0.15, 0.2) is 21.2 Å². The van der Waals surface area contributed by atoms with Gasteiger partial charge in [-0.1, -0.05) is 13.3 Å². The van der Waals surface area contributed by atoms with Crippen LogP contribution in [0.2, 0.25) is 0 Å². The molecule has 7 nitrogen and oxygen atoms in total. The van der Waals surface area contributed by atoms with E-state index in [1.807, 2.05) is 16.8 Å². The summed E-state index contributed by atoms with van der Waals surface area (Å²) in [5.41, 5.74) is -0.282. The average molecular weight is 377 g/mol. The van der Waals surface area contributed by atoms with E-state index >= 15 is 0 Å². The highest BCUT2D eigenvalue weighted by Crippen LogP contribution is 2.34. The zero-order chi connectivity index (χ0) is 18.6. The maximum absolute atomic E-state index is 12.3. The van der Waals surface area contributed by atoms with Gasteiger partial charge in [-0.2, -0.15) is 11.3 Å². The number of amides is 1. The van der Waals surface area contributed by atoms with Gasteiger partial charge in [-0.3, -0.25) is 4.79 Å². The van der Waals surface area contributed by atoms with E-state index in [2.05, 4.69) is 22.4 Å². The molecule has 0 bridgehead atoms. The van der Waals surface area contributed by atoms with Crippen LogP contribution >= 0.6 is 11.3 Å². The zero-order valence-electron chi connectivity index (χ0n) is 14.7. The van der Waals surface area contributed by atoms with E-state index in [4.69, 9.17) is 4.42 Å². The smallest absolute Gasteiger partial charge is 0.329 e. The van der Waals surface area contributed by atoms with Gasteiger partial charge in [0.25, 0.3) is 0 Å². The van der Waals surface area contributed by atoms with Crippen LogP contribution in [-0.2, 0) is 16.0 Å². The lowest BCUT2D eigenvalue weighted by Gasteiger charge is -2.37. The Morgan fingerprint density at radius 3 is 2.77 bits per heavy atom. The third-order valence-electron chi connectivity index (χ3n) is 5.13. The van der Waals surface area contributed by atoms with E-state index in [1.165, 1.54) is 11.3 Å². The van der Waals surface area contributed by atoms with Crippen molar-refractivity contribution in [3.05, 3.63) is 22.7 Å². The number of carbonyl (C=O) groups is 2. The third kappa shape index (κ3) is 4.12. The predicted octanol–water partition coefficient (Wildman–Crippen LogP) is 3.27. The van der Waals surface area contributed by atoms with E-state index in [0.717, 1.165) is 24.8 Å². The van der Waals surface area contributed by atoms with Gasteiger partial charge in [0.05, 0.1) is 0 Å². The van der Waals surface area contributed by atoms with Gasteiger partial charge < -0.3 is 14.8 Å². The number of aliphatic carboxylic acids is 1. The number of hydrogen-bond donors (Lipinski definition) is 2. The summed E-state index contributed by atoms with van der Waals surface area (Å²) < 4.78 is 5.56. The monoisotopic (exact) mass is 377 g/mol. The first kappa shape index (κ1) is 18.6. The molecule has 0 spiro atoms. The molecule has 2 heterocycles. The molecular weight excluding hydrogens is 354 g/mol. The van der Waals surface area contributed by atoms with Gasteiger partial charge in [-0.25, -0.2) is 4.79 Å². The lowest BCUT2D eigenvalue weighted by molar-refractivity contribution is -0.149. The van der Waals surface area contributed by atoms with Crippen LogP contribution in [0.3, 0.4) is 0 Å². The molecule has 26 heavy (non-hydrogen) atoms. The van der Waals surface area contributed by atoms with Crippen LogP contribution in [0.25, 0.3) is 11.5 Å². The van der Waals surface area contributed by atoms with Crippen molar-refractivity contribution in [2.75, 3.05) is 0 Å². The SMILES string of the molecule is CCC1CCC(NC(=O)CCc2nnc(-c3ccsc3)o2)(C(=O)O)CC1. The number of nitrogens with zero attached hydrogens (tertiary/aromatic N) is 2. The molecule has 0 aromatic carbocycles. The largest absolute Gasteiger partial charge is 0.480 e. The molecule has 2 N–H and O–H groups in total. The Morgan fingerprint density at radius 1 is 1.38 bits per heavy atom. The Labute approximate surface area is 155 Å². The number of thiophene rings is 1. The van der Waals surface area contributed by atoms with Crippen LogP contribution in [-0.4, -0.2) is 32.7 Å². The quantitative estimate of drug-likeness (QED) is 0.767. The minimum atomic E-state index is -1.14. The van der Waals surface area contributed by atoms with E-state index in [1.54, 1.807) is 0 Å². The third-order valence-corrected chi connectivity index (χ3v) is 5.81. The van der Waals surface area contributed by atoms with Gasteiger partial charge in [0.2, 0.25) is 17.7 Å². The Bertz CT molecular complexity index is 748. The zero-order valence-corrected chi connectivity index (χ0v) is 15.6. The summed E-state index contributed by atoms with van der Waals surface area (Å²) in [5.74, 6) is 0.117. The minimum Gasteiger partial charge on any atom is -0.480 e. The number of nitrogens with one attached hydrogen (secondary N) is 1. The number of rotatable bonds is 7. The molecule has 1 saturated carbocycles. The molecule has 8 heteroatoms. The summed E-state index contributed by atoms with van der Waals surface area (Å²) in [4.78, 5) is 24.1. The molecule has 1 amide bonds. The first-order valence-corrected chi connectivity index (χ1v) is 9.86. The normalized spacial score (nSPS) is 22.9. The lowest BCUT2D eigenvalue weighted by Crippen LogP contribution is -2.56. The minimum absolute atomic E-state index is 0.123. The van der Waals surface area contributed by atoms with E-state index in [0.29, 0.717) is 30.5 Å². The Balaban J connectivity index is 1.55. The Hall–Kier alpha value is -2.22. The molecule has 0 atom stereocenters. The standard InChI is InChI=1S/C18H23N3O4S/c1-2-12-5-8-18(9-6-12,17(23)24)19-14(22)3-4-15-20-21-16(25-15)13-7-10-26-11-13/h7,10-12H,2-6,8-9H2,1H3,(H,19,22)(H,23,24). The topological polar surface area (TPSA) is 105 Å². The van der Waals surface area contributed by atoms with Crippen molar-refractivity contribution < 1.29 is 19.1 Å². The van der Waals surface area contributed by atoms with Crippen molar-refractivity contribution in [3.63, 3.8) is 0 Å². The molecule has 0 unspecified atom stereocenters. The van der Waals surface area contributed by atoms with Crippen LogP contribution in [0.1, 0.15) is 51.3 Å². The molecule has 2 aromatic rings. The maximum atomic E-state index is 12.3. The van der Waals surface area contributed by atoms with Crippen molar-refractivity contribution in [2.24, 2.45) is 5.92 Å². The van der Waals surface area contributed by atoms with Gasteiger partial charge >= 0.3 is 5.97 Å². The molecule has 2 aromatic heterocycles. The van der Waals surface area contributed by atoms with E-state index in [-0.39, 0.29) is 18.7 Å². The maximum Gasteiger partial charge on any atom is 0.329 e. The van der Waals surface area contributed by atoms with Crippen molar-refractivity contribution in [1.29, 1.82) is 0 Å². The van der Waals surface area contributed by atoms with Gasteiger partial charge in [0.1, 0.15) is 5.54 Å². The predicted molar refractivity (Wildman–Crippen MR) is 96.7 cm³/mol. The average Bonchev–Trinajstić information content (AvgIpc) is 3.32. The number of carboxylic acid groups (broad SMARTS) is 1. The van der Waals surface area contributed by atoms with Crippen LogP contribution in [0, 0.1) is 5.92 Å². The molecule has 140 valence electrons. The second kappa shape index (κ2) is 7.99. The number of aromatic nitrogens is 2. The fourth-order valence-electron chi connectivity index (χ4n) is 3.38. The highest BCUT2D eigenvalue weighted by atomic mass is 32.1. The Kier molecular flexibility index (Phi) is 5.70. The molecule has 0 radical (unpaired) electrons. The fourth-order valence-corrected chi connectivity index (χ4v) is 4.01. The summed E-state index contributed by atoms with van der Waals surface area (Å²) in [7, 11) is 0. The number of aryl methyl sites for hydroxylation is 1. The second-order valence-corrected chi connectivity index (χ2v) is 7.58. The number of carboxylic acids is 1.